The van der Waals surface area contributed by atoms with Gasteiger partial charge < -0.3 is 0 Å². The number of thiazole rings is 1. The highest BCUT2D eigenvalue weighted by atomic mass is 32.1. The van der Waals surface area contributed by atoms with Gasteiger partial charge in [-0.05, 0) is 24.3 Å². The summed E-state index contributed by atoms with van der Waals surface area (Å²) in [6, 6.07) is 11.4. The molecule has 4 rings (SSSR count). The Morgan fingerprint density at radius 2 is 1.65 bits per heavy atom. The average Bonchev–Trinajstić information content (AvgIpc) is 3.16. The predicted octanol–water partition coefficient (Wildman–Crippen LogP) is 4.68. The van der Waals surface area contributed by atoms with E-state index in [2.05, 4.69) is 15.2 Å². The van der Waals surface area contributed by atoms with Gasteiger partial charge in [0.2, 0.25) is 0 Å². The molecular weight excluding hydrogens is 336 g/mol. The number of nitrogens with zero attached hydrogens (tertiary/aromatic N) is 3. The molecule has 0 fully saturated rings. The van der Waals surface area contributed by atoms with Crippen LogP contribution in [0.15, 0.2) is 42.5 Å². The number of fused-ring (bicyclic) bond motifs is 1. The highest BCUT2D eigenvalue weighted by Crippen LogP contribution is 2.29. The zero-order valence-corrected chi connectivity index (χ0v) is 13.3. The molecule has 0 spiro atoms. The van der Waals surface area contributed by atoms with Crippen LogP contribution in [-0.2, 0) is 6.42 Å². The Kier molecular flexibility index (Phi) is 3.59. The van der Waals surface area contributed by atoms with Gasteiger partial charge in [0.05, 0.1) is 11.1 Å². The molecule has 0 radical (unpaired) electrons. The van der Waals surface area contributed by atoms with Crippen molar-refractivity contribution >= 4 is 32.9 Å². The molecule has 4 aromatic rings. The Balaban J connectivity index is 1.64. The van der Waals surface area contributed by atoms with Crippen LogP contribution in [-0.4, -0.2) is 15.2 Å². The molecule has 0 atom stereocenters. The predicted molar refractivity (Wildman–Crippen MR) is 87.7 cm³/mol. The van der Waals surface area contributed by atoms with E-state index >= 15 is 0 Å². The molecule has 3 nitrogen and oxygen atoms in total. The lowest BCUT2D eigenvalue weighted by Crippen LogP contribution is -1.86. The number of hydrogen-bond donors (Lipinski definition) is 0. The van der Waals surface area contributed by atoms with Gasteiger partial charge in [-0.3, -0.25) is 0 Å². The molecule has 2 aromatic heterocycles. The van der Waals surface area contributed by atoms with Crippen molar-refractivity contribution < 1.29 is 8.78 Å². The molecule has 114 valence electrons. The van der Waals surface area contributed by atoms with Crippen molar-refractivity contribution in [1.29, 1.82) is 0 Å². The number of rotatable bonds is 3. The first-order valence-corrected chi connectivity index (χ1v) is 8.45. The number of para-hydroxylation sites is 1. The Morgan fingerprint density at radius 1 is 0.826 bits per heavy atom. The van der Waals surface area contributed by atoms with Crippen LogP contribution in [0.25, 0.3) is 20.8 Å². The molecule has 2 heterocycles. The summed E-state index contributed by atoms with van der Waals surface area (Å²) in [7, 11) is 0. The highest BCUT2D eigenvalue weighted by molar-refractivity contribution is 7.19. The molecule has 0 bridgehead atoms. The van der Waals surface area contributed by atoms with E-state index in [1.165, 1.54) is 34.8 Å². The fourth-order valence-corrected chi connectivity index (χ4v) is 4.18. The summed E-state index contributed by atoms with van der Waals surface area (Å²) in [6.45, 7) is 0. The molecule has 2 aromatic carbocycles. The van der Waals surface area contributed by atoms with Crippen molar-refractivity contribution in [2.45, 2.75) is 6.42 Å². The van der Waals surface area contributed by atoms with Crippen molar-refractivity contribution in [3.8, 4) is 10.6 Å². The Labute approximate surface area is 138 Å². The minimum absolute atomic E-state index is 0.322. The third kappa shape index (κ3) is 2.73. The molecule has 0 amide bonds. The minimum atomic E-state index is -0.325. The van der Waals surface area contributed by atoms with Crippen molar-refractivity contribution in [1.82, 2.24) is 15.2 Å². The fraction of sp³-hybridized carbons (Fsp3) is 0.0625. The SMILES string of the molecule is Fc1ccccc1-c1nnc(Cc2nc3c(F)cccc3s2)s1. The number of benzene rings is 2. The summed E-state index contributed by atoms with van der Waals surface area (Å²) in [5.41, 5.74) is 0.818. The summed E-state index contributed by atoms with van der Waals surface area (Å²) in [6.07, 6.45) is 0.463. The van der Waals surface area contributed by atoms with E-state index in [1.807, 2.05) is 6.07 Å². The topological polar surface area (TPSA) is 38.7 Å². The van der Waals surface area contributed by atoms with Crippen LogP contribution in [0.4, 0.5) is 8.78 Å². The molecule has 0 unspecified atom stereocenters. The van der Waals surface area contributed by atoms with Crippen molar-refractivity contribution in [2.75, 3.05) is 0 Å². The van der Waals surface area contributed by atoms with Gasteiger partial charge in [0.25, 0.3) is 0 Å². The molecule has 23 heavy (non-hydrogen) atoms. The van der Waals surface area contributed by atoms with Gasteiger partial charge in [-0.1, -0.05) is 29.5 Å². The largest absolute Gasteiger partial charge is 0.238 e. The molecule has 0 saturated carbocycles. The van der Waals surface area contributed by atoms with Crippen LogP contribution in [0.1, 0.15) is 10.0 Å². The van der Waals surface area contributed by atoms with Gasteiger partial charge in [0.15, 0.2) is 5.01 Å². The lowest BCUT2D eigenvalue weighted by molar-refractivity contribution is 0.631. The second-order valence-corrected chi connectivity index (χ2v) is 7.03. The molecule has 0 aliphatic heterocycles. The monoisotopic (exact) mass is 345 g/mol. The zero-order chi connectivity index (χ0) is 15.8. The second-order valence-electron chi connectivity index (χ2n) is 4.85. The normalized spacial score (nSPS) is 11.2. The van der Waals surface area contributed by atoms with Crippen LogP contribution >= 0.6 is 22.7 Å². The average molecular weight is 345 g/mol. The zero-order valence-electron chi connectivity index (χ0n) is 11.7. The maximum absolute atomic E-state index is 13.8. The van der Waals surface area contributed by atoms with E-state index in [0.29, 0.717) is 22.5 Å². The lowest BCUT2D eigenvalue weighted by atomic mass is 10.2. The maximum Gasteiger partial charge on any atom is 0.150 e. The van der Waals surface area contributed by atoms with E-state index in [1.54, 1.807) is 24.3 Å². The first kappa shape index (κ1) is 14.3. The highest BCUT2D eigenvalue weighted by Gasteiger charge is 2.13. The second kappa shape index (κ2) is 5.75. The molecule has 0 aliphatic rings. The Hall–Kier alpha value is -2.25. The van der Waals surface area contributed by atoms with Crippen LogP contribution in [0, 0.1) is 11.6 Å². The lowest BCUT2D eigenvalue weighted by Gasteiger charge is -1.95. The Morgan fingerprint density at radius 3 is 2.48 bits per heavy atom. The summed E-state index contributed by atoms with van der Waals surface area (Å²) in [5.74, 6) is -0.647. The smallest absolute Gasteiger partial charge is 0.150 e. The minimum Gasteiger partial charge on any atom is -0.238 e. The third-order valence-corrected chi connectivity index (χ3v) is 5.26. The first-order chi connectivity index (χ1) is 11.2. The fourth-order valence-electron chi connectivity index (χ4n) is 2.23. The van der Waals surface area contributed by atoms with E-state index in [4.69, 9.17) is 0 Å². The van der Waals surface area contributed by atoms with E-state index in [0.717, 1.165) is 14.7 Å². The van der Waals surface area contributed by atoms with Gasteiger partial charge in [-0.15, -0.1) is 21.5 Å². The van der Waals surface area contributed by atoms with E-state index < -0.39 is 0 Å². The van der Waals surface area contributed by atoms with Crippen LogP contribution < -0.4 is 0 Å². The van der Waals surface area contributed by atoms with Crippen LogP contribution in [0.2, 0.25) is 0 Å². The first-order valence-electron chi connectivity index (χ1n) is 6.82. The summed E-state index contributed by atoms with van der Waals surface area (Å²) in [4.78, 5) is 4.32. The summed E-state index contributed by atoms with van der Waals surface area (Å²) >= 11 is 2.75. The van der Waals surface area contributed by atoms with Gasteiger partial charge >= 0.3 is 0 Å². The standard InChI is InChI=1S/C16H9F2N3S2/c17-10-5-2-1-4-9(10)16-21-20-14(23-16)8-13-19-15-11(18)6-3-7-12(15)22-13/h1-7H,8H2. The van der Waals surface area contributed by atoms with Gasteiger partial charge in [-0.2, -0.15) is 0 Å². The van der Waals surface area contributed by atoms with Crippen molar-refractivity contribution in [3.05, 3.63) is 64.1 Å². The third-order valence-electron chi connectivity index (χ3n) is 3.29. The molecule has 0 saturated heterocycles. The van der Waals surface area contributed by atoms with Gasteiger partial charge in [0.1, 0.15) is 27.2 Å². The number of halogens is 2. The molecular formula is C16H9F2N3S2. The number of hydrogen-bond acceptors (Lipinski definition) is 5. The molecule has 0 N–H and O–H groups in total. The van der Waals surface area contributed by atoms with Gasteiger partial charge in [-0.25, -0.2) is 13.8 Å². The summed E-state index contributed by atoms with van der Waals surface area (Å²) in [5, 5.41) is 10.2. The quantitative estimate of drug-likeness (QED) is 0.541. The van der Waals surface area contributed by atoms with Crippen molar-refractivity contribution in [2.24, 2.45) is 0 Å². The van der Waals surface area contributed by atoms with Crippen LogP contribution in [0.3, 0.4) is 0 Å². The van der Waals surface area contributed by atoms with Crippen molar-refractivity contribution in [3.63, 3.8) is 0 Å². The molecule has 0 aliphatic carbocycles. The Bertz CT molecular complexity index is 994. The van der Waals surface area contributed by atoms with Crippen LogP contribution in [0.5, 0.6) is 0 Å². The number of aromatic nitrogens is 3. The van der Waals surface area contributed by atoms with Gasteiger partial charge in [0, 0.05) is 5.56 Å². The molecule has 7 heteroatoms. The van der Waals surface area contributed by atoms with E-state index in [-0.39, 0.29) is 11.6 Å². The summed E-state index contributed by atoms with van der Waals surface area (Å²) < 4.78 is 28.3. The maximum atomic E-state index is 13.8. The van der Waals surface area contributed by atoms with E-state index in [9.17, 15) is 8.78 Å².